The molecule has 5 atom stereocenters. The average Bonchev–Trinajstić information content (AvgIpc) is 3.50. The molecule has 1 aromatic rings. The van der Waals surface area contributed by atoms with Crippen LogP contribution in [0, 0.1) is 17.8 Å². The number of methoxy groups -OCH3 is 1. The van der Waals surface area contributed by atoms with Crippen LogP contribution in [0.4, 0.5) is 0 Å². The summed E-state index contributed by atoms with van der Waals surface area (Å²) in [5, 5.41) is 8.45. The van der Waals surface area contributed by atoms with E-state index >= 15 is 0 Å². The molecule has 3 aliphatic rings. The van der Waals surface area contributed by atoms with Crippen LogP contribution in [0.5, 0.6) is 5.75 Å². The second-order valence-electron chi connectivity index (χ2n) is 12.0. The van der Waals surface area contributed by atoms with Gasteiger partial charge in [0.2, 0.25) is 17.7 Å². The maximum absolute atomic E-state index is 13.8. The van der Waals surface area contributed by atoms with E-state index < -0.39 is 29.5 Å². The Morgan fingerprint density at radius 2 is 1.78 bits per heavy atom. The van der Waals surface area contributed by atoms with Crippen LogP contribution in [0.25, 0.3) is 0 Å². The van der Waals surface area contributed by atoms with Crippen molar-refractivity contribution in [3.8, 4) is 5.75 Å². The third kappa shape index (κ3) is 8.38. The molecule has 0 spiro atoms. The topological polar surface area (TPSA) is 143 Å². The van der Waals surface area contributed by atoms with Crippen molar-refractivity contribution in [2.75, 3.05) is 20.3 Å². The molecule has 0 radical (unpaired) electrons. The van der Waals surface area contributed by atoms with Gasteiger partial charge < -0.3 is 25.4 Å². The Morgan fingerprint density at radius 3 is 2.37 bits per heavy atom. The minimum Gasteiger partial charge on any atom is -0.497 e. The quantitative estimate of drug-likeness (QED) is 0.292. The van der Waals surface area contributed by atoms with Gasteiger partial charge in [-0.3, -0.25) is 24.0 Å². The fourth-order valence-electron chi connectivity index (χ4n) is 5.81. The summed E-state index contributed by atoms with van der Waals surface area (Å²) in [5.74, 6) is -1.21. The van der Waals surface area contributed by atoms with Gasteiger partial charge in [0.15, 0.2) is 11.6 Å². The lowest BCUT2D eigenvalue weighted by Gasteiger charge is -2.26. The van der Waals surface area contributed by atoms with Crippen molar-refractivity contribution in [2.24, 2.45) is 17.8 Å². The number of carbonyl (C=O) groups is 5. The van der Waals surface area contributed by atoms with Gasteiger partial charge in [0.05, 0.1) is 31.7 Å². The highest BCUT2D eigenvalue weighted by Crippen LogP contribution is 2.34. The highest BCUT2D eigenvalue weighted by atomic mass is 16.6. The monoisotopic (exact) mass is 569 g/mol. The standard InChI is InChI=1S/C31H43N3O7/c1-19(33-29(38)22-10-13-27(36)32-17-22)26(35)16-23(14-21-8-11-24(40-3)12-9-21)30(39)34-25(15-20-6-4-5-7-20)28(37)31(2)18-41-31/h8-9,11-12,19-20,22-23,25H,4-7,10,13-18H2,1-3H3,(H,32,36)(H,33,38)(H,34,39). The van der Waals surface area contributed by atoms with Crippen molar-refractivity contribution in [2.45, 2.75) is 89.3 Å². The van der Waals surface area contributed by atoms with Gasteiger partial charge in [-0.25, -0.2) is 0 Å². The molecule has 1 saturated carbocycles. The third-order valence-corrected chi connectivity index (χ3v) is 8.71. The zero-order valence-electron chi connectivity index (χ0n) is 24.3. The maximum atomic E-state index is 13.8. The molecule has 1 aliphatic carbocycles. The molecule has 224 valence electrons. The lowest BCUT2D eigenvalue weighted by atomic mass is 9.88. The van der Waals surface area contributed by atoms with Gasteiger partial charge in [-0.05, 0) is 56.7 Å². The zero-order chi connectivity index (χ0) is 29.6. The van der Waals surface area contributed by atoms with Gasteiger partial charge in [-0.1, -0.05) is 37.8 Å². The molecule has 1 aromatic carbocycles. The van der Waals surface area contributed by atoms with E-state index in [0.717, 1.165) is 31.2 Å². The number of piperidine rings is 1. The molecular formula is C31H43N3O7. The molecule has 2 saturated heterocycles. The number of hydrogen-bond donors (Lipinski definition) is 3. The summed E-state index contributed by atoms with van der Waals surface area (Å²) in [4.78, 5) is 64.6. The largest absolute Gasteiger partial charge is 0.497 e. The number of amides is 3. The summed E-state index contributed by atoms with van der Waals surface area (Å²) < 4.78 is 10.7. The van der Waals surface area contributed by atoms with Gasteiger partial charge in [-0.15, -0.1) is 0 Å². The van der Waals surface area contributed by atoms with E-state index in [0.29, 0.717) is 31.1 Å². The van der Waals surface area contributed by atoms with Crippen molar-refractivity contribution in [3.63, 3.8) is 0 Å². The van der Waals surface area contributed by atoms with E-state index in [1.807, 2.05) is 12.1 Å². The van der Waals surface area contributed by atoms with Crippen LogP contribution in [0.15, 0.2) is 24.3 Å². The zero-order valence-corrected chi connectivity index (χ0v) is 24.3. The van der Waals surface area contributed by atoms with Gasteiger partial charge >= 0.3 is 0 Å². The van der Waals surface area contributed by atoms with Crippen molar-refractivity contribution in [3.05, 3.63) is 29.8 Å². The Kier molecular flexibility index (Phi) is 10.2. The van der Waals surface area contributed by atoms with Crippen molar-refractivity contribution in [1.82, 2.24) is 16.0 Å². The van der Waals surface area contributed by atoms with Crippen LogP contribution in [-0.4, -0.2) is 67.2 Å². The predicted molar refractivity (Wildman–Crippen MR) is 151 cm³/mol. The smallest absolute Gasteiger partial charge is 0.225 e. The first kappa shape index (κ1) is 30.7. The normalized spacial score (nSPS) is 24.5. The van der Waals surface area contributed by atoms with Crippen LogP contribution in [0.2, 0.25) is 0 Å². The highest BCUT2D eigenvalue weighted by molar-refractivity contribution is 5.98. The van der Waals surface area contributed by atoms with Crippen LogP contribution < -0.4 is 20.7 Å². The minimum absolute atomic E-state index is 0.0856. The minimum atomic E-state index is -0.866. The number of ether oxygens (including phenoxy) is 2. The lowest BCUT2D eigenvalue weighted by molar-refractivity contribution is -0.135. The Bertz CT molecular complexity index is 1120. The molecule has 3 amide bonds. The summed E-state index contributed by atoms with van der Waals surface area (Å²) >= 11 is 0. The summed E-state index contributed by atoms with van der Waals surface area (Å²) in [6, 6.07) is 5.83. The van der Waals surface area contributed by atoms with Crippen LogP contribution in [-0.2, 0) is 35.1 Å². The number of nitrogens with one attached hydrogen (secondary N) is 3. The number of hydrogen-bond acceptors (Lipinski definition) is 7. The van der Waals surface area contributed by atoms with E-state index in [1.165, 1.54) is 0 Å². The van der Waals surface area contributed by atoms with Crippen molar-refractivity contribution in [1.29, 1.82) is 0 Å². The molecule has 2 heterocycles. The van der Waals surface area contributed by atoms with Crippen molar-refractivity contribution >= 4 is 29.3 Å². The second-order valence-corrected chi connectivity index (χ2v) is 12.0. The van der Waals surface area contributed by atoms with Crippen molar-refractivity contribution < 1.29 is 33.4 Å². The second kappa shape index (κ2) is 13.6. The molecule has 3 fully saturated rings. The summed E-state index contributed by atoms with van der Waals surface area (Å²) in [6.45, 7) is 3.96. The van der Waals surface area contributed by atoms with E-state index in [4.69, 9.17) is 9.47 Å². The molecule has 3 N–H and O–H groups in total. The Hall–Kier alpha value is -3.27. The van der Waals surface area contributed by atoms with Gasteiger partial charge in [0, 0.05) is 25.3 Å². The number of ketones is 2. The van der Waals surface area contributed by atoms with Crippen LogP contribution in [0.3, 0.4) is 0 Å². The Morgan fingerprint density at radius 1 is 1.10 bits per heavy atom. The van der Waals surface area contributed by atoms with E-state index in [2.05, 4.69) is 16.0 Å². The number of rotatable bonds is 14. The summed E-state index contributed by atoms with van der Waals surface area (Å²) in [5.41, 5.74) is -0.0144. The molecule has 41 heavy (non-hydrogen) atoms. The molecular weight excluding hydrogens is 526 g/mol. The summed E-state index contributed by atoms with van der Waals surface area (Å²) in [7, 11) is 1.58. The molecule has 0 bridgehead atoms. The van der Waals surface area contributed by atoms with E-state index in [9.17, 15) is 24.0 Å². The number of benzene rings is 1. The van der Waals surface area contributed by atoms with Crippen LogP contribution in [0.1, 0.15) is 70.8 Å². The number of epoxide rings is 1. The fraction of sp³-hybridized carbons (Fsp3) is 0.645. The van der Waals surface area contributed by atoms with Gasteiger partial charge in [0.1, 0.15) is 11.4 Å². The first-order chi connectivity index (χ1) is 19.6. The van der Waals surface area contributed by atoms with Gasteiger partial charge in [-0.2, -0.15) is 0 Å². The molecule has 0 aromatic heterocycles. The lowest BCUT2D eigenvalue weighted by Crippen LogP contribution is -2.50. The number of carbonyl (C=O) groups excluding carboxylic acids is 5. The van der Waals surface area contributed by atoms with Crippen LogP contribution >= 0.6 is 0 Å². The average molecular weight is 570 g/mol. The molecule has 5 unspecified atom stereocenters. The predicted octanol–water partition coefficient (Wildman–Crippen LogP) is 2.27. The van der Waals surface area contributed by atoms with E-state index in [1.54, 1.807) is 33.1 Å². The highest BCUT2D eigenvalue weighted by Gasteiger charge is 2.50. The first-order valence-electron chi connectivity index (χ1n) is 14.8. The Balaban J connectivity index is 1.45. The number of Topliss-reactive ketones (excluding diaryl/α,β-unsaturated/α-hetero) is 2. The maximum Gasteiger partial charge on any atom is 0.225 e. The third-order valence-electron chi connectivity index (χ3n) is 8.71. The SMILES string of the molecule is COc1ccc(CC(CC(=O)C(C)NC(=O)C2CCC(=O)NC2)C(=O)NC(CC2CCCC2)C(=O)C2(C)CO2)cc1. The Labute approximate surface area is 241 Å². The molecule has 10 heteroatoms. The fourth-order valence-corrected chi connectivity index (χ4v) is 5.81. The van der Waals surface area contributed by atoms with Gasteiger partial charge in [0.25, 0.3) is 0 Å². The molecule has 4 rings (SSSR count). The molecule has 10 nitrogen and oxygen atoms in total. The summed E-state index contributed by atoms with van der Waals surface area (Å²) in [6.07, 6.45) is 5.78. The first-order valence-corrected chi connectivity index (χ1v) is 14.8. The van der Waals surface area contributed by atoms with E-state index in [-0.39, 0.29) is 55.1 Å². The molecule has 2 aliphatic heterocycles.